The molecule has 2 aliphatic carbocycles. The van der Waals surface area contributed by atoms with E-state index in [-0.39, 0.29) is 35.6 Å². The molecule has 0 saturated heterocycles. The van der Waals surface area contributed by atoms with Crippen molar-refractivity contribution < 1.29 is 24.2 Å². The molecule has 0 heterocycles. The molecule has 0 nitrogen and oxygen atoms in total. The van der Waals surface area contributed by atoms with Crippen LogP contribution in [-0.4, -0.2) is 3.21 Å². The van der Waals surface area contributed by atoms with Crippen molar-refractivity contribution in [3.8, 4) is 11.1 Å². The van der Waals surface area contributed by atoms with E-state index in [2.05, 4.69) is 184 Å². The maximum absolute atomic E-state index is 3.53. The Morgan fingerprint density at radius 3 is 1.66 bits per heavy atom. The second kappa shape index (κ2) is 17.3. The van der Waals surface area contributed by atoms with Gasteiger partial charge in [0.15, 0.2) is 0 Å². The summed E-state index contributed by atoms with van der Waals surface area (Å²) in [7, 11) is 0. The molecule has 0 radical (unpaired) electrons. The van der Waals surface area contributed by atoms with Crippen LogP contribution in [0.15, 0.2) is 97.1 Å². The molecule has 0 amide bonds. The van der Waals surface area contributed by atoms with Crippen molar-refractivity contribution >= 4 is 73.2 Å². The van der Waals surface area contributed by atoms with Crippen molar-refractivity contribution in [3.63, 3.8) is 0 Å². The van der Waals surface area contributed by atoms with Gasteiger partial charge in [0.25, 0.3) is 0 Å². The van der Waals surface area contributed by atoms with Crippen LogP contribution < -0.4 is 0 Å². The van der Waals surface area contributed by atoms with Crippen molar-refractivity contribution in [2.24, 2.45) is 0 Å². The molecule has 2 aliphatic rings. The van der Waals surface area contributed by atoms with Gasteiger partial charge >= 0.3 is 139 Å². The third-order valence-corrected chi connectivity index (χ3v) is 10.2. The fourth-order valence-corrected chi connectivity index (χ4v) is 6.26. The van der Waals surface area contributed by atoms with Crippen LogP contribution in [0.5, 0.6) is 0 Å². The topological polar surface area (TPSA) is 0 Å². The van der Waals surface area contributed by atoms with Gasteiger partial charge in [-0.25, -0.2) is 12.2 Å². The van der Waals surface area contributed by atoms with Gasteiger partial charge in [-0.05, 0) is 17.4 Å². The first kappa shape index (κ1) is 39.3. The average Bonchev–Trinajstić information content (AvgIpc) is 3.64. The predicted octanol–water partition coefficient (Wildman–Crippen LogP) is 11.8. The molecule has 44 heavy (non-hydrogen) atoms. The van der Waals surface area contributed by atoms with E-state index in [0.29, 0.717) is 0 Å². The Morgan fingerprint density at radius 2 is 1.23 bits per heavy atom. The van der Waals surface area contributed by atoms with Gasteiger partial charge in [-0.1, -0.05) is 76.3 Å². The molecule has 4 aromatic carbocycles. The summed E-state index contributed by atoms with van der Waals surface area (Å²) in [5.41, 5.74) is 11.4. The van der Waals surface area contributed by atoms with Crippen LogP contribution in [0, 0.1) is 19.3 Å². The third-order valence-electron chi connectivity index (χ3n) is 7.38. The van der Waals surface area contributed by atoms with Gasteiger partial charge in [0.1, 0.15) is 0 Å². The van der Waals surface area contributed by atoms with Gasteiger partial charge in [-0.3, -0.25) is 6.08 Å². The second-order valence-corrected chi connectivity index (χ2v) is 16.4. The van der Waals surface area contributed by atoms with E-state index in [1.807, 2.05) is 12.2 Å². The number of halogens is 4. The fraction of sp³-hybridized carbons (Fsp3) is 0.256. The van der Waals surface area contributed by atoms with Gasteiger partial charge in [0.05, 0.1) is 0 Å². The summed E-state index contributed by atoms with van der Waals surface area (Å²) in [6.07, 6.45) is 11.0. The van der Waals surface area contributed by atoms with Crippen molar-refractivity contribution in [2.75, 3.05) is 0 Å². The zero-order chi connectivity index (χ0) is 30.5. The molecule has 5 heteroatoms. The summed E-state index contributed by atoms with van der Waals surface area (Å²) in [6.45, 7) is 13.6. The van der Waals surface area contributed by atoms with Crippen molar-refractivity contribution in [1.82, 2.24) is 0 Å². The van der Waals surface area contributed by atoms with Gasteiger partial charge in [0.2, 0.25) is 0 Å². The van der Waals surface area contributed by atoms with Gasteiger partial charge in [-0.15, -0.1) is 36.8 Å². The van der Waals surface area contributed by atoms with E-state index in [9.17, 15) is 0 Å². The van der Waals surface area contributed by atoms with Gasteiger partial charge in [0, 0.05) is 0 Å². The third kappa shape index (κ3) is 10.9. The summed E-state index contributed by atoms with van der Waals surface area (Å²) < 4.78 is 3.99. The van der Waals surface area contributed by atoms with Crippen LogP contribution in [0.25, 0.3) is 11.1 Å². The first-order chi connectivity index (χ1) is 19.8. The van der Waals surface area contributed by atoms with E-state index < -0.39 is 0 Å². The zero-order valence-electron chi connectivity index (χ0n) is 26.2. The van der Waals surface area contributed by atoms with E-state index in [4.69, 9.17) is 0 Å². The van der Waals surface area contributed by atoms with E-state index in [0.717, 1.165) is 12.8 Å². The Kier molecular flexibility index (Phi) is 15.5. The molecule has 0 atom stereocenters. The Hall–Kier alpha value is -0.847. The Balaban J connectivity index is 0.000000260. The summed E-state index contributed by atoms with van der Waals surface area (Å²) in [5, 5.41) is 0. The van der Waals surface area contributed by atoms with E-state index in [1.54, 1.807) is 0 Å². The predicted molar refractivity (Wildman–Crippen MR) is 209 cm³/mol. The number of allylic oxidation sites excluding steroid dienone is 4. The first-order valence-corrected chi connectivity index (χ1v) is 17.7. The number of hydrogen-bond donors (Lipinski definition) is 0. The molecular weight excluding hydrogens is 884 g/mol. The van der Waals surface area contributed by atoms with Crippen LogP contribution in [-0.2, 0) is 41.5 Å². The number of benzene rings is 4. The SMILES string of the molecule is CC(C)(C)c1c[c-]c2c(c1)-c1cc(C(C)(C)C)ccc1C2.Cl.Cl.[C-]1=CC=CC1.[Zr+2]=[C](c1ccc(I)cc1)c1ccc(I)cc1. The van der Waals surface area contributed by atoms with Crippen LogP contribution >= 0.6 is 70.0 Å². The van der Waals surface area contributed by atoms with Gasteiger partial charge in [-0.2, -0.15) is 35.4 Å². The van der Waals surface area contributed by atoms with Crippen molar-refractivity contribution in [2.45, 2.75) is 65.2 Å². The summed E-state index contributed by atoms with van der Waals surface area (Å²) in [5.74, 6) is 0. The molecule has 0 fully saturated rings. The monoisotopic (exact) mass is 922 g/mol. The molecule has 0 aliphatic heterocycles. The van der Waals surface area contributed by atoms with Gasteiger partial charge < -0.3 is 0 Å². The number of rotatable bonds is 2. The maximum atomic E-state index is 3.53. The number of fused-ring (bicyclic) bond motifs is 3. The van der Waals surface area contributed by atoms with E-state index >= 15 is 0 Å². The summed E-state index contributed by atoms with van der Waals surface area (Å²) >= 11 is 6.13. The number of hydrogen-bond acceptors (Lipinski definition) is 0. The minimum atomic E-state index is 0. The Bertz CT molecular complexity index is 1490. The van der Waals surface area contributed by atoms with Crippen molar-refractivity contribution in [3.05, 3.63) is 150 Å². The molecule has 0 unspecified atom stereocenters. The zero-order valence-corrected chi connectivity index (χ0v) is 34.6. The molecule has 0 saturated carbocycles. The van der Waals surface area contributed by atoms with Crippen LogP contribution in [0.1, 0.15) is 81.3 Å². The average molecular weight is 925 g/mol. The summed E-state index contributed by atoms with van der Waals surface area (Å²) in [6, 6.07) is 32.5. The Morgan fingerprint density at radius 1 is 0.705 bits per heavy atom. The fourth-order valence-electron chi connectivity index (χ4n) is 4.72. The first-order valence-electron chi connectivity index (χ1n) is 14.3. The normalized spacial score (nSPS) is 12.4. The van der Waals surface area contributed by atoms with Crippen LogP contribution in [0.2, 0.25) is 0 Å². The molecule has 0 spiro atoms. The molecular formula is C39H40Cl2I2Zr. The second-order valence-electron chi connectivity index (χ2n) is 12.7. The molecule has 6 rings (SSSR count). The Labute approximate surface area is 320 Å². The molecule has 0 N–H and O–H groups in total. The molecule has 4 aromatic rings. The van der Waals surface area contributed by atoms with Crippen LogP contribution in [0.4, 0.5) is 0 Å². The molecule has 0 bridgehead atoms. The van der Waals surface area contributed by atoms with Crippen molar-refractivity contribution in [1.29, 1.82) is 0 Å². The standard InChI is InChI=1S/C21H25.C13H8I2.C5H5.2ClH.Zr/c1-20(2,3)16-9-7-14-11-15-8-10-17(21(4,5)6)13-19(15)18(14)12-16;14-12-5-1-10(2-6-12)9-11-3-7-13(15)8-4-11;1-2-4-5-3-1;;;/h7,9-10,12-13H,11H2,1-6H3;1-8H;1-3H,4H2;2*1H;/q-1;;-1;;;+2. The molecule has 0 aromatic heterocycles. The quantitative estimate of drug-likeness (QED) is 0.122. The summed E-state index contributed by atoms with van der Waals surface area (Å²) in [4.78, 5) is 0. The minimum absolute atomic E-state index is 0. The van der Waals surface area contributed by atoms with Crippen LogP contribution in [0.3, 0.4) is 0 Å². The van der Waals surface area contributed by atoms with E-state index in [1.165, 1.54) is 79.1 Å². The molecule has 228 valence electrons.